The maximum absolute atomic E-state index is 6.30. The molecule has 0 radical (unpaired) electrons. The zero-order chi connectivity index (χ0) is 32.3. The number of hydrogen-bond acceptors (Lipinski definition) is 10. The number of pyridine rings is 2. The molecule has 4 aromatic rings. The molecule has 0 aliphatic carbocycles. The van der Waals surface area contributed by atoms with Crippen molar-refractivity contribution in [1.29, 1.82) is 0 Å². The van der Waals surface area contributed by atoms with Gasteiger partial charge in [0.05, 0.1) is 13.1 Å². The van der Waals surface area contributed by atoms with E-state index in [0.29, 0.717) is 29.7 Å². The Balaban J connectivity index is 0.000000131. The lowest BCUT2D eigenvalue weighted by atomic mass is 9.75. The maximum atomic E-state index is 6.30. The van der Waals surface area contributed by atoms with Gasteiger partial charge in [-0.1, -0.05) is 41.4 Å². The zero-order valence-electron chi connectivity index (χ0n) is 26.7. The maximum Gasteiger partial charge on any atom is 0.291 e. The molecule has 10 heterocycles. The summed E-state index contributed by atoms with van der Waals surface area (Å²) in [5.41, 5.74) is -0.253. The summed E-state index contributed by atoms with van der Waals surface area (Å²) < 4.78 is 12.6. The Kier molecular flexibility index (Phi) is 7.60. The van der Waals surface area contributed by atoms with Crippen LogP contribution in [-0.2, 0) is 9.47 Å². The molecule has 12 rings (SSSR count). The van der Waals surface area contributed by atoms with Crippen LogP contribution in [0.4, 0.5) is 11.6 Å². The third-order valence-corrected chi connectivity index (χ3v) is 11.7. The number of benzene rings is 2. The Morgan fingerprint density at radius 3 is 1.83 bits per heavy atom. The number of fused-ring (bicyclic) bond motifs is 6. The first-order chi connectivity index (χ1) is 23.4. The van der Waals surface area contributed by atoms with E-state index in [1.54, 1.807) is 0 Å². The quantitative estimate of drug-likeness (QED) is 0.254. The summed E-state index contributed by atoms with van der Waals surface area (Å²) >= 11 is 12.3. The summed E-state index contributed by atoms with van der Waals surface area (Å²) in [4.78, 5) is 23.1. The topological polar surface area (TPSA) is 99.5 Å². The van der Waals surface area contributed by atoms with Gasteiger partial charge in [0, 0.05) is 63.5 Å². The van der Waals surface area contributed by atoms with E-state index in [1.165, 1.54) is 51.9 Å². The van der Waals surface area contributed by atoms with Crippen molar-refractivity contribution in [2.75, 3.05) is 63.0 Å². The monoisotopic (exact) mass is 684 g/mol. The minimum Gasteiger partial charge on any atom is -0.455 e. The van der Waals surface area contributed by atoms with E-state index >= 15 is 0 Å². The second-order valence-corrected chi connectivity index (χ2v) is 14.9. The first-order valence-electron chi connectivity index (χ1n) is 17.0. The van der Waals surface area contributed by atoms with Gasteiger partial charge in [0.1, 0.15) is 22.8 Å². The molecule has 2 spiro atoms. The van der Waals surface area contributed by atoms with Gasteiger partial charge in [-0.25, -0.2) is 20.0 Å². The van der Waals surface area contributed by atoms with Crippen LogP contribution < -0.4 is 10.6 Å². The number of aliphatic imine (C=N–C) groups is 2. The minimum atomic E-state index is -0.132. The number of anilines is 2. The third kappa shape index (κ3) is 5.62. The summed E-state index contributed by atoms with van der Waals surface area (Å²) in [5.74, 6) is 2.70. The molecule has 6 saturated heterocycles. The van der Waals surface area contributed by atoms with Gasteiger partial charge in [-0.05, 0) is 87.6 Å². The summed E-state index contributed by atoms with van der Waals surface area (Å²) in [6.07, 6.45) is 8.51. The second kappa shape index (κ2) is 12.0. The van der Waals surface area contributed by atoms with E-state index < -0.39 is 0 Å². The fourth-order valence-electron chi connectivity index (χ4n) is 8.49. The van der Waals surface area contributed by atoms with E-state index in [2.05, 4.69) is 40.4 Å². The summed E-state index contributed by atoms with van der Waals surface area (Å²) in [5, 5.41) is 12.0. The average Bonchev–Trinajstić information content (AvgIpc) is 3.69. The molecular weight excluding hydrogens is 647 g/mol. The third-order valence-electron chi connectivity index (χ3n) is 11.1. The number of aromatic nitrogens is 2. The van der Waals surface area contributed by atoms with Gasteiger partial charge in [0.25, 0.3) is 12.0 Å². The van der Waals surface area contributed by atoms with Crippen molar-refractivity contribution in [1.82, 2.24) is 19.8 Å². The van der Waals surface area contributed by atoms with Crippen LogP contribution in [0, 0.1) is 11.8 Å². The standard InChI is InChI=1S/2C18H19ClN4O/c19-15-2-1-12-8-16(20-9-13(12)7-15)22-17-21-10-18(24-17)11-23-5-3-14(18)4-6-23;19-15-3-1-2-12-9-20-16(8-14(12)15)22-17-21-10-18(24-17)11-23-6-4-13(18)5-7-23/h1-2,7-9,14H,3-6,10-11H2,(H,20,21,22);1-3,8-9,13H,4-7,10-11H2,(H,20,21,22)/t2*18-/m00/s1. The molecule has 10 nitrogen and oxygen atoms in total. The molecule has 0 amide bonds. The van der Waals surface area contributed by atoms with Crippen molar-refractivity contribution >= 4 is 68.4 Å². The van der Waals surface area contributed by atoms with Crippen molar-refractivity contribution in [3.63, 3.8) is 0 Å². The molecule has 8 aliphatic rings. The Morgan fingerprint density at radius 1 is 0.667 bits per heavy atom. The fraction of sp³-hybridized carbons (Fsp3) is 0.444. The van der Waals surface area contributed by atoms with Crippen LogP contribution in [0.1, 0.15) is 25.7 Å². The molecule has 2 atom stereocenters. The number of rotatable bonds is 2. The number of ether oxygens (including phenoxy) is 2. The van der Waals surface area contributed by atoms with Crippen molar-refractivity contribution in [3.05, 3.63) is 71.0 Å². The lowest BCUT2D eigenvalue weighted by Crippen LogP contribution is -2.61. The van der Waals surface area contributed by atoms with Crippen LogP contribution in [0.5, 0.6) is 0 Å². The van der Waals surface area contributed by atoms with Crippen LogP contribution in [0.15, 0.2) is 70.9 Å². The predicted octanol–water partition coefficient (Wildman–Crippen LogP) is 6.30. The van der Waals surface area contributed by atoms with Crippen LogP contribution in [0.25, 0.3) is 21.5 Å². The normalized spacial score (nSPS) is 31.3. The molecule has 48 heavy (non-hydrogen) atoms. The molecule has 248 valence electrons. The van der Waals surface area contributed by atoms with Gasteiger partial charge in [0.2, 0.25) is 0 Å². The highest BCUT2D eigenvalue weighted by molar-refractivity contribution is 6.35. The zero-order valence-corrected chi connectivity index (χ0v) is 28.2. The van der Waals surface area contributed by atoms with Crippen molar-refractivity contribution in [2.24, 2.45) is 21.8 Å². The number of nitrogens with zero attached hydrogens (tertiary/aromatic N) is 6. The second-order valence-electron chi connectivity index (χ2n) is 14.0. The van der Waals surface area contributed by atoms with E-state index in [0.717, 1.165) is 63.6 Å². The Morgan fingerprint density at radius 2 is 1.25 bits per heavy atom. The van der Waals surface area contributed by atoms with Gasteiger partial charge in [-0.2, -0.15) is 0 Å². The van der Waals surface area contributed by atoms with Crippen LogP contribution in [0.3, 0.4) is 0 Å². The van der Waals surface area contributed by atoms with Gasteiger partial charge in [-0.15, -0.1) is 0 Å². The molecule has 0 saturated carbocycles. The molecule has 8 aliphatic heterocycles. The molecule has 2 aromatic heterocycles. The molecule has 0 unspecified atom stereocenters. The molecule has 12 heteroatoms. The van der Waals surface area contributed by atoms with E-state index in [4.69, 9.17) is 32.7 Å². The Hall–Kier alpha value is -3.70. The number of piperidine rings is 6. The van der Waals surface area contributed by atoms with Gasteiger partial charge < -0.3 is 9.47 Å². The molecular formula is C36H38Cl2N8O2. The molecule has 2 N–H and O–H groups in total. The van der Waals surface area contributed by atoms with E-state index in [9.17, 15) is 0 Å². The fourth-order valence-corrected chi connectivity index (χ4v) is 8.91. The number of nitrogens with one attached hydrogen (secondary N) is 2. The number of amidine groups is 2. The Labute approximate surface area is 289 Å². The van der Waals surface area contributed by atoms with Crippen LogP contribution >= 0.6 is 23.2 Å². The van der Waals surface area contributed by atoms with Crippen LogP contribution in [-0.4, -0.2) is 95.4 Å². The minimum absolute atomic E-state index is 0.122. The Bertz CT molecular complexity index is 1930. The lowest BCUT2D eigenvalue weighted by Gasteiger charge is -2.50. The summed E-state index contributed by atoms with van der Waals surface area (Å²) in [7, 11) is 0. The summed E-state index contributed by atoms with van der Waals surface area (Å²) in [6, 6.07) is 16.8. The smallest absolute Gasteiger partial charge is 0.291 e. The van der Waals surface area contributed by atoms with Gasteiger partial charge >= 0.3 is 0 Å². The highest BCUT2D eigenvalue weighted by atomic mass is 35.5. The first-order valence-corrected chi connectivity index (χ1v) is 17.7. The molecule has 4 bridgehead atoms. The SMILES string of the molecule is Clc1ccc2cc(NC3=NC[C@@]4(CN5CCC4CC5)O3)ncc2c1.Clc1cccc2cnc(NC3=NC[C@@]4(CN5CCC4CC5)O3)cc12. The number of hydrogen-bond donors (Lipinski definition) is 2. The van der Waals surface area contributed by atoms with Gasteiger partial charge in [-0.3, -0.25) is 20.4 Å². The van der Waals surface area contributed by atoms with E-state index in [1.807, 2.05) is 60.9 Å². The van der Waals surface area contributed by atoms with Crippen molar-refractivity contribution in [3.8, 4) is 0 Å². The predicted molar refractivity (Wildman–Crippen MR) is 191 cm³/mol. The molecule has 2 aromatic carbocycles. The average molecular weight is 686 g/mol. The van der Waals surface area contributed by atoms with Crippen LogP contribution in [0.2, 0.25) is 10.0 Å². The number of halogens is 2. The summed E-state index contributed by atoms with van der Waals surface area (Å²) in [6.45, 7) is 8.27. The molecule has 6 fully saturated rings. The lowest BCUT2D eigenvalue weighted by molar-refractivity contribution is -0.0830. The highest BCUT2D eigenvalue weighted by Gasteiger charge is 2.52. The van der Waals surface area contributed by atoms with Gasteiger partial charge in [0.15, 0.2) is 0 Å². The largest absolute Gasteiger partial charge is 0.455 e. The van der Waals surface area contributed by atoms with Crippen molar-refractivity contribution < 1.29 is 9.47 Å². The first kappa shape index (κ1) is 30.4. The van der Waals surface area contributed by atoms with E-state index in [-0.39, 0.29) is 11.2 Å². The van der Waals surface area contributed by atoms with Crippen molar-refractivity contribution in [2.45, 2.75) is 36.9 Å². The highest BCUT2D eigenvalue weighted by Crippen LogP contribution is 2.42.